The highest BCUT2D eigenvalue weighted by Gasteiger charge is 2.16. The first-order valence-electron chi connectivity index (χ1n) is 5.24. The Bertz CT molecular complexity index is 358. The summed E-state index contributed by atoms with van der Waals surface area (Å²) < 4.78 is 0. The van der Waals surface area contributed by atoms with E-state index in [0.29, 0.717) is 0 Å². The number of aliphatic hydroxyl groups excluding tert-OH is 1. The summed E-state index contributed by atoms with van der Waals surface area (Å²) in [5.41, 5.74) is 11.6. The van der Waals surface area contributed by atoms with Crippen molar-refractivity contribution in [3.63, 3.8) is 0 Å². The molecule has 0 saturated carbocycles. The second-order valence-electron chi connectivity index (χ2n) is 4.07. The van der Waals surface area contributed by atoms with E-state index in [0.717, 1.165) is 29.7 Å². The summed E-state index contributed by atoms with van der Waals surface area (Å²) in [6, 6.07) is 2.09. The molecule has 1 aromatic carbocycles. The standard InChI is InChI=1S/C12H17NO/c1-8-11(7-14)10-5-3-2-4-9(10)6-12(8)13/h6,14H,2-5,7,13H2,1H3. The van der Waals surface area contributed by atoms with E-state index >= 15 is 0 Å². The van der Waals surface area contributed by atoms with E-state index in [1.165, 1.54) is 24.0 Å². The molecule has 2 heteroatoms. The maximum absolute atomic E-state index is 9.34. The van der Waals surface area contributed by atoms with Gasteiger partial charge in [-0.05, 0) is 60.9 Å². The van der Waals surface area contributed by atoms with Gasteiger partial charge in [-0.2, -0.15) is 0 Å². The first kappa shape index (κ1) is 9.53. The van der Waals surface area contributed by atoms with Gasteiger partial charge in [-0.15, -0.1) is 0 Å². The van der Waals surface area contributed by atoms with Crippen molar-refractivity contribution in [3.05, 3.63) is 28.3 Å². The molecule has 1 aromatic rings. The molecule has 2 nitrogen and oxygen atoms in total. The van der Waals surface area contributed by atoms with Crippen molar-refractivity contribution in [2.75, 3.05) is 5.73 Å². The van der Waals surface area contributed by atoms with E-state index in [1.807, 2.05) is 6.92 Å². The largest absolute Gasteiger partial charge is 0.398 e. The molecule has 0 spiro atoms. The van der Waals surface area contributed by atoms with Gasteiger partial charge in [0.2, 0.25) is 0 Å². The zero-order valence-corrected chi connectivity index (χ0v) is 8.64. The van der Waals surface area contributed by atoms with Gasteiger partial charge in [-0.3, -0.25) is 0 Å². The topological polar surface area (TPSA) is 46.2 Å². The Kier molecular flexibility index (Phi) is 2.46. The Balaban J connectivity index is 2.60. The van der Waals surface area contributed by atoms with E-state index in [1.54, 1.807) is 0 Å². The number of fused-ring (bicyclic) bond motifs is 1. The van der Waals surface area contributed by atoms with Gasteiger partial charge in [0.05, 0.1) is 6.61 Å². The lowest BCUT2D eigenvalue weighted by atomic mass is 9.85. The molecule has 1 aliphatic carbocycles. The van der Waals surface area contributed by atoms with Crippen LogP contribution >= 0.6 is 0 Å². The second kappa shape index (κ2) is 3.62. The Morgan fingerprint density at radius 2 is 2.07 bits per heavy atom. The third kappa shape index (κ3) is 1.40. The van der Waals surface area contributed by atoms with Crippen LogP contribution in [0.1, 0.15) is 35.1 Å². The zero-order chi connectivity index (χ0) is 10.1. The molecule has 0 aromatic heterocycles. The molecule has 0 unspecified atom stereocenters. The Labute approximate surface area is 84.7 Å². The molecule has 2 rings (SSSR count). The number of aryl methyl sites for hydroxylation is 1. The molecule has 1 aliphatic rings. The zero-order valence-electron chi connectivity index (χ0n) is 8.64. The second-order valence-corrected chi connectivity index (χ2v) is 4.07. The van der Waals surface area contributed by atoms with Gasteiger partial charge >= 0.3 is 0 Å². The van der Waals surface area contributed by atoms with Crippen LogP contribution in [0.5, 0.6) is 0 Å². The third-order valence-electron chi connectivity index (χ3n) is 3.25. The number of aliphatic hydroxyl groups is 1. The highest BCUT2D eigenvalue weighted by molar-refractivity contribution is 5.57. The van der Waals surface area contributed by atoms with Crippen LogP contribution in [-0.2, 0) is 19.4 Å². The fraction of sp³-hybridized carbons (Fsp3) is 0.500. The number of rotatable bonds is 1. The minimum Gasteiger partial charge on any atom is -0.398 e. The third-order valence-corrected chi connectivity index (χ3v) is 3.25. The first-order valence-corrected chi connectivity index (χ1v) is 5.24. The van der Waals surface area contributed by atoms with Crippen molar-refractivity contribution in [1.29, 1.82) is 0 Å². The number of benzene rings is 1. The quantitative estimate of drug-likeness (QED) is 0.666. The molecule has 0 fully saturated rings. The number of hydrogen-bond acceptors (Lipinski definition) is 2. The van der Waals surface area contributed by atoms with Crippen molar-refractivity contribution < 1.29 is 5.11 Å². The molecule has 0 amide bonds. The number of nitrogens with two attached hydrogens (primary N) is 1. The predicted octanol–water partition coefficient (Wildman–Crippen LogP) is 1.95. The minimum absolute atomic E-state index is 0.124. The predicted molar refractivity (Wildman–Crippen MR) is 58.2 cm³/mol. The van der Waals surface area contributed by atoms with Crippen LogP contribution in [0.15, 0.2) is 6.07 Å². The fourth-order valence-electron chi connectivity index (χ4n) is 2.34. The molecule has 3 N–H and O–H groups in total. The Morgan fingerprint density at radius 1 is 1.36 bits per heavy atom. The maximum atomic E-state index is 9.34. The van der Waals surface area contributed by atoms with E-state index in [2.05, 4.69) is 6.07 Å². The first-order chi connectivity index (χ1) is 6.74. The molecule has 0 heterocycles. The number of nitrogen functional groups attached to an aromatic ring is 1. The lowest BCUT2D eigenvalue weighted by Crippen LogP contribution is -2.10. The van der Waals surface area contributed by atoms with Crippen molar-refractivity contribution in [1.82, 2.24) is 0 Å². The summed E-state index contributed by atoms with van der Waals surface area (Å²) >= 11 is 0. The molecule has 0 atom stereocenters. The summed E-state index contributed by atoms with van der Waals surface area (Å²) in [4.78, 5) is 0. The van der Waals surface area contributed by atoms with Gasteiger partial charge in [0.15, 0.2) is 0 Å². The van der Waals surface area contributed by atoms with Crippen molar-refractivity contribution >= 4 is 5.69 Å². The summed E-state index contributed by atoms with van der Waals surface area (Å²) in [6.07, 6.45) is 4.71. The minimum atomic E-state index is 0.124. The molecular formula is C12H17NO. The lowest BCUT2D eigenvalue weighted by Gasteiger charge is -2.21. The van der Waals surface area contributed by atoms with Gasteiger partial charge in [-0.1, -0.05) is 0 Å². The monoisotopic (exact) mass is 191 g/mol. The van der Waals surface area contributed by atoms with Crippen LogP contribution in [0.4, 0.5) is 5.69 Å². The van der Waals surface area contributed by atoms with E-state index in [-0.39, 0.29) is 6.61 Å². The fourth-order valence-corrected chi connectivity index (χ4v) is 2.34. The average molecular weight is 191 g/mol. The lowest BCUT2D eigenvalue weighted by molar-refractivity contribution is 0.279. The van der Waals surface area contributed by atoms with Crippen molar-refractivity contribution in [3.8, 4) is 0 Å². The number of hydrogen-bond donors (Lipinski definition) is 2. The molecule has 14 heavy (non-hydrogen) atoms. The smallest absolute Gasteiger partial charge is 0.0687 e. The normalized spacial score (nSPS) is 15.3. The Hall–Kier alpha value is -1.02. The molecule has 0 saturated heterocycles. The molecule has 0 radical (unpaired) electrons. The molecule has 0 bridgehead atoms. The van der Waals surface area contributed by atoms with Crippen LogP contribution in [0.25, 0.3) is 0 Å². The van der Waals surface area contributed by atoms with Crippen LogP contribution < -0.4 is 5.73 Å². The number of anilines is 1. The van der Waals surface area contributed by atoms with Crippen LogP contribution in [0, 0.1) is 6.92 Å². The van der Waals surface area contributed by atoms with E-state index in [9.17, 15) is 5.11 Å². The van der Waals surface area contributed by atoms with Crippen molar-refractivity contribution in [2.24, 2.45) is 0 Å². The Morgan fingerprint density at radius 3 is 2.79 bits per heavy atom. The van der Waals surface area contributed by atoms with Gasteiger partial charge in [0, 0.05) is 5.69 Å². The van der Waals surface area contributed by atoms with E-state index in [4.69, 9.17) is 5.73 Å². The van der Waals surface area contributed by atoms with Gasteiger partial charge < -0.3 is 10.8 Å². The summed E-state index contributed by atoms with van der Waals surface area (Å²) in [5, 5.41) is 9.34. The van der Waals surface area contributed by atoms with Crippen LogP contribution in [-0.4, -0.2) is 5.11 Å². The average Bonchev–Trinajstić information content (AvgIpc) is 2.20. The van der Waals surface area contributed by atoms with Gasteiger partial charge in [0.1, 0.15) is 0 Å². The van der Waals surface area contributed by atoms with Crippen LogP contribution in [0.2, 0.25) is 0 Å². The van der Waals surface area contributed by atoms with Crippen molar-refractivity contribution in [2.45, 2.75) is 39.2 Å². The summed E-state index contributed by atoms with van der Waals surface area (Å²) in [5.74, 6) is 0. The molecule has 0 aliphatic heterocycles. The summed E-state index contributed by atoms with van der Waals surface area (Å²) in [7, 11) is 0. The van der Waals surface area contributed by atoms with Gasteiger partial charge in [0.25, 0.3) is 0 Å². The summed E-state index contributed by atoms with van der Waals surface area (Å²) in [6.45, 7) is 2.12. The SMILES string of the molecule is Cc1c(N)cc2c(c1CO)CCCC2. The van der Waals surface area contributed by atoms with E-state index < -0.39 is 0 Å². The highest BCUT2D eigenvalue weighted by Crippen LogP contribution is 2.30. The maximum Gasteiger partial charge on any atom is 0.0687 e. The van der Waals surface area contributed by atoms with Crippen LogP contribution in [0.3, 0.4) is 0 Å². The molecule has 76 valence electrons. The molecular weight excluding hydrogens is 174 g/mol. The highest BCUT2D eigenvalue weighted by atomic mass is 16.3. The van der Waals surface area contributed by atoms with Gasteiger partial charge in [-0.25, -0.2) is 0 Å².